The Morgan fingerprint density at radius 1 is 0.388 bits per heavy atom. The van der Waals surface area contributed by atoms with Gasteiger partial charge in [0.1, 0.15) is 18.8 Å². The number of aromatic nitrogens is 28. The zero-order chi connectivity index (χ0) is 70.2. The fourth-order valence-electron chi connectivity index (χ4n) is 15.2. The third-order valence-electron chi connectivity index (χ3n) is 19.7. The van der Waals surface area contributed by atoms with Gasteiger partial charge in [0.05, 0.1) is 66.2 Å². The molecule has 1 aromatic carbocycles. The molecule has 21 aromatic rings. The van der Waals surface area contributed by atoms with Gasteiger partial charge in [-0.2, -0.15) is 42.1 Å². The van der Waals surface area contributed by atoms with Crippen molar-refractivity contribution in [2.24, 2.45) is 14.0 Å². The molecular weight excluding hydrogens is 1320 g/mol. The minimum Gasteiger partial charge on any atom is -0.395 e. The number of hydrogen-bond acceptors (Lipinski definition) is 17. The van der Waals surface area contributed by atoms with Crippen LogP contribution in [0.4, 0.5) is 0 Å². The molecule has 0 saturated carbocycles. The Kier molecular flexibility index (Phi) is 11.3. The van der Waals surface area contributed by atoms with Crippen LogP contribution in [0.3, 0.4) is 0 Å². The molecule has 0 N–H and O–H groups in total. The minimum absolute atomic E-state index is 0.440. The van der Waals surface area contributed by atoms with Gasteiger partial charge in [0, 0.05) is 157 Å². The van der Waals surface area contributed by atoms with Gasteiger partial charge in [-0.25, -0.2) is 51.9 Å². The number of pyridine rings is 5. The molecule has 0 aliphatic carbocycles. The summed E-state index contributed by atoms with van der Waals surface area (Å²) in [5.41, 5.74) is 24.8. The number of thiazole rings is 1. The third kappa shape index (κ3) is 8.27. The summed E-state index contributed by atoms with van der Waals surface area (Å²) in [5, 5.41) is 1.26. The first-order valence-electron chi connectivity index (χ1n) is 34.4. The SMILES string of the molecule is Cn1c2[n+](c3c1nc1ccncn13)Cc1cnccc1-2.[2H]C([2H])([2H])n1c2[n+](c3c1nc1ccncn13)Cc1cnccc1-2.c1cc2c(cn1)C[n+]1c-2oc2nc3ccncn3c21.c1cc2c(cn1)C[n+]1c-2sc2c1nc1cnccn12.c1ccc(-n2c3[n+](c4c2nc2ccncn24)Cc2cnccc2-3)cc1. The molecule has 0 fully saturated rings. The molecule has 103 heavy (non-hydrogen) atoms. The molecule has 20 aromatic heterocycles. The number of imidazole rings is 8. The van der Waals surface area contributed by atoms with E-state index < -0.39 is 6.98 Å². The summed E-state index contributed by atoms with van der Waals surface area (Å²) in [6.45, 7) is 1.48. The predicted molar refractivity (Wildman–Crippen MR) is 373 cm³/mol. The van der Waals surface area contributed by atoms with Crippen LogP contribution in [0.15, 0.2) is 220 Å². The molecule has 29 nitrogen and oxygen atoms in total. The van der Waals surface area contributed by atoms with Crippen molar-refractivity contribution in [2.45, 2.75) is 32.7 Å². The van der Waals surface area contributed by atoms with Gasteiger partial charge < -0.3 is 4.42 Å². The molecule has 26 rings (SSSR count). The lowest BCUT2D eigenvalue weighted by Gasteiger charge is -2.02. The number of rotatable bonds is 1. The summed E-state index contributed by atoms with van der Waals surface area (Å²) in [6.07, 6.45) is 38.0. The number of benzene rings is 1. The highest BCUT2D eigenvalue weighted by molar-refractivity contribution is 7.20. The normalized spacial score (nSPS) is 13.5. The summed E-state index contributed by atoms with van der Waals surface area (Å²) >= 11 is 1.77. The summed E-state index contributed by atoms with van der Waals surface area (Å²) in [7, 11) is 2.06. The van der Waals surface area contributed by atoms with Crippen LogP contribution in [0, 0.1) is 0 Å². The Bertz CT molecular complexity index is 7240. The maximum Gasteiger partial charge on any atom is 0.362 e. The first kappa shape index (κ1) is 53.8. The van der Waals surface area contributed by atoms with E-state index in [-0.39, 0.29) is 0 Å². The molecule has 490 valence electrons. The van der Waals surface area contributed by atoms with Gasteiger partial charge in [-0.1, -0.05) is 29.5 Å². The molecule has 0 saturated heterocycles. The fourth-order valence-corrected chi connectivity index (χ4v) is 16.5. The van der Waals surface area contributed by atoms with Crippen molar-refractivity contribution >= 4 is 95.3 Å². The monoisotopic (exact) mass is 1370 g/mol. The van der Waals surface area contributed by atoms with E-state index >= 15 is 0 Å². The van der Waals surface area contributed by atoms with Crippen molar-refractivity contribution in [3.63, 3.8) is 0 Å². The van der Waals surface area contributed by atoms with Crippen LogP contribution in [0.25, 0.3) is 146 Å². The summed E-state index contributed by atoms with van der Waals surface area (Å²) in [4.78, 5) is 66.3. The average molecular weight is 1370 g/mol. The molecule has 30 heteroatoms. The van der Waals surface area contributed by atoms with Gasteiger partial charge >= 0.3 is 17.0 Å². The Morgan fingerprint density at radius 2 is 0.835 bits per heavy atom. The Labute approximate surface area is 586 Å². The predicted octanol–water partition coefficient (Wildman–Crippen LogP) is 7.09. The number of fused-ring (bicyclic) bond motifs is 35. The Balaban J connectivity index is 0.0000000830. The quantitative estimate of drug-likeness (QED) is 0.149. The zero-order valence-electron chi connectivity index (χ0n) is 57.1. The van der Waals surface area contributed by atoms with Gasteiger partial charge in [0.2, 0.25) is 44.9 Å². The van der Waals surface area contributed by atoms with Crippen molar-refractivity contribution in [1.29, 1.82) is 0 Å². The maximum absolute atomic E-state index is 7.96. The van der Waals surface area contributed by atoms with Crippen LogP contribution in [0.5, 0.6) is 0 Å². The average Bonchev–Trinajstić information content (AvgIpc) is 1.56. The highest BCUT2D eigenvalue weighted by atomic mass is 32.1. The molecule has 0 bridgehead atoms. The summed E-state index contributed by atoms with van der Waals surface area (Å²) in [6, 6.07) is 27.9. The zero-order valence-corrected chi connectivity index (χ0v) is 54.9. The smallest absolute Gasteiger partial charge is 0.362 e. The molecule has 0 unspecified atom stereocenters. The first-order chi connectivity index (χ1) is 52.1. The van der Waals surface area contributed by atoms with Gasteiger partial charge in [-0.15, -0.1) is 0 Å². The van der Waals surface area contributed by atoms with E-state index in [9.17, 15) is 0 Å². The van der Waals surface area contributed by atoms with E-state index in [0.717, 1.165) is 122 Å². The molecule has 25 heterocycles. The topological polar surface area (TPSA) is 263 Å². The third-order valence-corrected chi connectivity index (χ3v) is 20.9. The van der Waals surface area contributed by atoms with E-state index in [0.29, 0.717) is 29.4 Å². The number of oxazole rings is 1. The van der Waals surface area contributed by atoms with Crippen LogP contribution in [0.1, 0.15) is 31.9 Å². The van der Waals surface area contributed by atoms with Gasteiger partial charge in [0.25, 0.3) is 45.4 Å². The van der Waals surface area contributed by atoms with Crippen molar-refractivity contribution in [2.75, 3.05) is 0 Å². The van der Waals surface area contributed by atoms with Crippen molar-refractivity contribution < 1.29 is 31.4 Å². The van der Waals surface area contributed by atoms with Crippen molar-refractivity contribution in [1.82, 2.24) is 110 Å². The molecular formula is C73H51N28OS+5. The van der Waals surface area contributed by atoms with Crippen molar-refractivity contribution in [3.8, 4) is 61.9 Å². The first-order valence-corrected chi connectivity index (χ1v) is 33.7. The molecule has 0 spiro atoms. The maximum atomic E-state index is 7.96. The van der Waals surface area contributed by atoms with E-state index in [1.807, 2.05) is 116 Å². The standard InChI is InChI=1S/C19H13N6.2C14H11N6.C13H8N5O.C13H8N5S/c1-2-4-14(5-3-1)25-17-19(24-12-21-9-7-16(24)22-17)23-11-13-10-20-8-6-15(13)18(23)25;2*1-18-12-14(20-8-16-5-3-11(20)17-12)19-7-9-6-15-4-2-10(9)13(18)19;1-3-14-5-8-6-17-12-11(19-13(17)9(1)8)16-10-2-4-15-7-18(10)12;1-2-14-5-8-7-18-11-13(19-12(18)9(1)8)17-4-3-15-6-10(17)16-11/h1-10,12H,11H2;2*2-6,8H,7H2,1H3;1-5,7H,6H2;1-6H,7H2/q5*+1/i;1D3;;;. The number of hydrogen-bond donors (Lipinski definition) is 0. The summed E-state index contributed by atoms with van der Waals surface area (Å²) in [5.74, 6) is 3.80. The highest BCUT2D eigenvalue weighted by Crippen LogP contribution is 2.38. The number of para-hydroxylation sites is 1. The number of aryl methyl sites for hydroxylation is 2. The van der Waals surface area contributed by atoms with Gasteiger partial charge in [-0.05, 0) is 47.4 Å². The summed E-state index contributed by atoms with van der Waals surface area (Å²) < 4.78 is 56.4. The number of nitrogens with zero attached hydrogens (tertiary/aromatic N) is 28. The second-order valence-corrected chi connectivity index (χ2v) is 26.2. The molecule has 5 aliphatic rings. The van der Waals surface area contributed by atoms with Crippen LogP contribution < -0.4 is 22.8 Å². The molecule has 0 radical (unpaired) electrons. The Morgan fingerprint density at radius 3 is 1.43 bits per heavy atom. The molecule has 0 atom stereocenters. The second kappa shape index (κ2) is 21.7. The lowest BCUT2D eigenvalue weighted by molar-refractivity contribution is -0.651. The van der Waals surface area contributed by atoms with Crippen LogP contribution in [0.2, 0.25) is 0 Å². The fraction of sp³-hybridized carbons (Fsp3) is 0.0959. The van der Waals surface area contributed by atoms with E-state index in [1.54, 1.807) is 85.8 Å². The second-order valence-electron chi connectivity index (χ2n) is 25.2. The van der Waals surface area contributed by atoms with E-state index in [4.69, 9.17) is 18.5 Å². The van der Waals surface area contributed by atoms with E-state index in [1.165, 1.54) is 59.2 Å². The Hall–Kier alpha value is -14.2. The minimum atomic E-state index is -2.32. The lowest BCUT2D eigenvalue weighted by atomic mass is 10.1. The van der Waals surface area contributed by atoms with Crippen LogP contribution >= 0.6 is 11.3 Å². The van der Waals surface area contributed by atoms with Crippen molar-refractivity contribution in [3.05, 3.63) is 243 Å². The molecule has 0 amide bonds. The van der Waals surface area contributed by atoms with Gasteiger partial charge in [-0.3, -0.25) is 34.3 Å². The highest BCUT2D eigenvalue weighted by Gasteiger charge is 2.40. The lowest BCUT2D eigenvalue weighted by Crippen LogP contribution is -2.32. The van der Waals surface area contributed by atoms with E-state index in [2.05, 4.69) is 151 Å². The van der Waals surface area contributed by atoms with Crippen LogP contribution in [-0.4, -0.2) is 110 Å². The largest absolute Gasteiger partial charge is 0.395 e. The molecule has 5 aliphatic heterocycles. The van der Waals surface area contributed by atoms with Gasteiger partial charge in [0.15, 0.2) is 30.3 Å². The van der Waals surface area contributed by atoms with Crippen LogP contribution in [-0.2, 0) is 46.7 Å².